The van der Waals surface area contributed by atoms with Crippen LogP contribution in [0.2, 0.25) is 0 Å². The van der Waals surface area contributed by atoms with Crippen molar-refractivity contribution in [3.63, 3.8) is 0 Å². The van der Waals surface area contributed by atoms with Gasteiger partial charge in [-0.1, -0.05) is 30.3 Å². The third kappa shape index (κ3) is 4.56. The molecule has 2 rings (SSSR count). The average Bonchev–Trinajstić information content (AvgIpc) is 2.62. The molecule has 138 valence electrons. The minimum absolute atomic E-state index is 0.0487. The van der Waals surface area contributed by atoms with Gasteiger partial charge in [-0.2, -0.15) is 0 Å². The number of amides is 2. The summed E-state index contributed by atoms with van der Waals surface area (Å²) in [4.78, 5) is 39.5. The van der Waals surface area contributed by atoms with Crippen LogP contribution in [0.1, 0.15) is 30.6 Å². The van der Waals surface area contributed by atoms with Crippen molar-refractivity contribution in [3.8, 4) is 0 Å². The Morgan fingerprint density at radius 2 is 1.54 bits per heavy atom. The van der Waals surface area contributed by atoms with E-state index in [1.807, 2.05) is 0 Å². The van der Waals surface area contributed by atoms with E-state index in [9.17, 15) is 19.5 Å². The molecule has 1 aliphatic rings. The van der Waals surface area contributed by atoms with Gasteiger partial charge in [-0.25, -0.2) is 0 Å². The second kappa shape index (κ2) is 8.42. The molecule has 0 bridgehead atoms. The van der Waals surface area contributed by atoms with Gasteiger partial charge in [0.15, 0.2) is 5.78 Å². The fraction of sp³-hybridized carbons (Fsp3) is 0.368. The van der Waals surface area contributed by atoms with Crippen molar-refractivity contribution in [2.24, 2.45) is 0 Å². The Kier molecular flexibility index (Phi) is 6.27. The van der Waals surface area contributed by atoms with Crippen molar-refractivity contribution in [2.45, 2.75) is 20.3 Å². The predicted molar refractivity (Wildman–Crippen MR) is 97.3 cm³/mol. The lowest BCUT2D eigenvalue weighted by molar-refractivity contribution is -0.136. The van der Waals surface area contributed by atoms with Gasteiger partial charge < -0.3 is 20.3 Å². The van der Waals surface area contributed by atoms with Gasteiger partial charge in [-0.05, 0) is 6.92 Å². The van der Waals surface area contributed by atoms with Crippen LogP contribution in [0.3, 0.4) is 0 Å². The lowest BCUT2D eigenvalue weighted by Gasteiger charge is -2.34. The lowest BCUT2D eigenvalue weighted by Crippen LogP contribution is -2.50. The van der Waals surface area contributed by atoms with Gasteiger partial charge in [0.25, 0.3) is 5.91 Å². The number of hydrogen-bond acceptors (Lipinski definition) is 5. The molecule has 0 aromatic heterocycles. The molecular weight excluding hydrogens is 334 g/mol. The number of carbonyl (C=O) groups excluding carboxylic acids is 3. The standard InChI is InChI=1S/C19H23N3O4/c1-13(20)18(17(25)12-16(24)15-6-4-3-5-7-15)19(26)22-10-8-21(9-11-22)14(2)23/h3-7,20,25H,8-12H2,1-2H3/b18-17+,20-13?. The van der Waals surface area contributed by atoms with Crippen LogP contribution in [0.5, 0.6) is 0 Å². The van der Waals surface area contributed by atoms with Crippen LogP contribution in [-0.2, 0) is 9.59 Å². The second-order valence-corrected chi connectivity index (χ2v) is 6.21. The van der Waals surface area contributed by atoms with Crippen molar-refractivity contribution in [3.05, 3.63) is 47.2 Å². The highest BCUT2D eigenvalue weighted by Gasteiger charge is 2.28. The van der Waals surface area contributed by atoms with E-state index < -0.39 is 11.7 Å². The number of nitrogens with one attached hydrogen (secondary N) is 1. The molecule has 2 N–H and O–H groups in total. The van der Waals surface area contributed by atoms with Gasteiger partial charge in [0, 0.05) is 44.4 Å². The summed E-state index contributed by atoms with van der Waals surface area (Å²) < 4.78 is 0. The van der Waals surface area contributed by atoms with E-state index >= 15 is 0 Å². The van der Waals surface area contributed by atoms with Crippen LogP contribution >= 0.6 is 0 Å². The van der Waals surface area contributed by atoms with Crippen molar-refractivity contribution in [1.82, 2.24) is 9.80 Å². The van der Waals surface area contributed by atoms with Crippen molar-refractivity contribution in [1.29, 1.82) is 5.41 Å². The minimum Gasteiger partial charge on any atom is -0.511 e. The maximum atomic E-state index is 12.7. The third-order valence-corrected chi connectivity index (χ3v) is 4.31. The van der Waals surface area contributed by atoms with Crippen molar-refractivity contribution in [2.75, 3.05) is 26.2 Å². The SMILES string of the molecule is CC(=N)/C(C(=O)N1CCN(C(C)=O)CC1)=C(\O)CC(=O)c1ccccc1. The molecule has 0 radical (unpaired) electrons. The van der Waals surface area contributed by atoms with Crippen LogP contribution in [0.15, 0.2) is 41.7 Å². The quantitative estimate of drug-likeness (QED) is 0.363. The highest BCUT2D eigenvalue weighted by Crippen LogP contribution is 2.16. The molecule has 1 aromatic rings. The molecule has 7 nitrogen and oxygen atoms in total. The van der Waals surface area contributed by atoms with Crippen LogP contribution in [0, 0.1) is 5.41 Å². The Morgan fingerprint density at radius 3 is 2.04 bits per heavy atom. The Morgan fingerprint density at radius 1 is 1.00 bits per heavy atom. The Bertz CT molecular complexity index is 747. The van der Waals surface area contributed by atoms with E-state index in [0.29, 0.717) is 31.7 Å². The molecule has 1 fully saturated rings. The number of hydrogen-bond donors (Lipinski definition) is 2. The molecule has 1 heterocycles. The summed E-state index contributed by atoms with van der Waals surface area (Å²) in [5.74, 6) is -1.26. The van der Waals surface area contributed by atoms with E-state index in [1.54, 1.807) is 35.2 Å². The molecule has 0 atom stereocenters. The normalized spacial score (nSPS) is 15.3. The molecule has 0 saturated carbocycles. The maximum absolute atomic E-state index is 12.7. The predicted octanol–water partition coefficient (Wildman–Crippen LogP) is 1.80. The van der Waals surface area contributed by atoms with Crippen LogP contribution in [0.4, 0.5) is 0 Å². The molecule has 26 heavy (non-hydrogen) atoms. The number of aliphatic hydroxyl groups excluding tert-OH is 1. The first-order valence-corrected chi connectivity index (χ1v) is 8.42. The Balaban J connectivity index is 2.15. The summed E-state index contributed by atoms with van der Waals surface area (Å²) in [5, 5.41) is 18.2. The van der Waals surface area contributed by atoms with Crippen molar-refractivity contribution >= 4 is 23.3 Å². The third-order valence-electron chi connectivity index (χ3n) is 4.31. The maximum Gasteiger partial charge on any atom is 0.259 e. The lowest BCUT2D eigenvalue weighted by atomic mass is 10.0. The molecule has 1 aliphatic heterocycles. The van der Waals surface area contributed by atoms with Gasteiger partial charge in [0.2, 0.25) is 5.91 Å². The highest BCUT2D eigenvalue weighted by molar-refractivity contribution is 6.20. The summed E-state index contributed by atoms with van der Waals surface area (Å²) in [6.45, 7) is 4.36. The molecule has 0 spiro atoms. The Labute approximate surface area is 152 Å². The van der Waals surface area contributed by atoms with E-state index in [1.165, 1.54) is 18.7 Å². The van der Waals surface area contributed by atoms with Gasteiger partial charge in [0.1, 0.15) is 5.76 Å². The molecular formula is C19H23N3O4. The first-order chi connectivity index (χ1) is 12.3. The number of carbonyl (C=O) groups is 3. The topological polar surface area (TPSA) is 102 Å². The zero-order chi connectivity index (χ0) is 19.3. The molecule has 0 aliphatic carbocycles. The number of Topliss-reactive ketones (excluding diaryl/α,β-unsaturated/α-hetero) is 1. The fourth-order valence-electron chi connectivity index (χ4n) is 2.85. The van der Waals surface area contributed by atoms with E-state index in [0.717, 1.165) is 0 Å². The summed E-state index contributed by atoms with van der Waals surface area (Å²) in [6.07, 6.45) is -0.339. The number of piperazine rings is 1. The second-order valence-electron chi connectivity index (χ2n) is 6.21. The van der Waals surface area contributed by atoms with Crippen molar-refractivity contribution < 1.29 is 19.5 Å². The number of rotatable bonds is 5. The summed E-state index contributed by atoms with van der Waals surface area (Å²) in [5.41, 5.74) is 0.191. The first-order valence-electron chi connectivity index (χ1n) is 8.42. The summed E-state index contributed by atoms with van der Waals surface area (Å²) in [6, 6.07) is 8.49. The number of allylic oxidation sites excluding steroid dienone is 1. The van der Waals surface area contributed by atoms with Crippen LogP contribution in [-0.4, -0.2) is 64.4 Å². The molecule has 1 saturated heterocycles. The summed E-state index contributed by atoms with van der Waals surface area (Å²) >= 11 is 0. The smallest absolute Gasteiger partial charge is 0.259 e. The number of ketones is 1. The fourth-order valence-corrected chi connectivity index (χ4v) is 2.85. The molecule has 2 amide bonds. The summed E-state index contributed by atoms with van der Waals surface area (Å²) in [7, 11) is 0. The largest absolute Gasteiger partial charge is 0.511 e. The van der Waals surface area contributed by atoms with Gasteiger partial charge in [-0.3, -0.25) is 14.4 Å². The Hall–Kier alpha value is -2.96. The number of benzene rings is 1. The van der Waals surface area contributed by atoms with Crippen LogP contribution < -0.4 is 0 Å². The molecule has 1 aromatic carbocycles. The monoisotopic (exact) mass is 357 g/mol. The van der Waals surface area contributed by atoms with Gasteiger partial charge >= 0.3 is 0 Å². The van der Waals surface area contributed by atoms with E-state index in [4.69, 9.17) is 5.41 Å². The van der Waals surface area contributed by atoms with E-state index in [-0.39, 0.29) is 29.4 Å². The average molecular weight is 357 g/mol. The number of aliphatic hydroxyl groups is 1. The van der Waals surface area contributed by atoms with Crippen LogP contribution in [0.25, 0.3) is 0 Å². The highest BCUT2D eigenvalue weighted by atomic mass is 16.3. The zero-order valence-electron chi connectivity index (χ0n) is 15.0. The van der Waals surface area contributed by atoms with Gasteiger partial charge in [-0.15, -0.1) is 0 Å². The molecule has 7 heteroatoms. The first kappa shape index (κ1) is 19.4. The molecule has 0 unspecified atom stereocenters. The van der Waals surface area contributed by atoms with Gasteiger partial charge in [0.05, 0.1) is 12.0 Å². The zero-order valence-corrected chi connectivity index (χ0v) is 15.0. The number of nitrogens with zero attached hydrogens (tertiary/aromatic N) is 2. The van der Waals surface area contributed by atoms with E-state index in [2.05, 4.69) is 0 Å². The minimum atomic E-state index is -0.487.